The maximum Gasteiger partial charge on any atom is 0.327 e. The van der Waals surface area contributed by atoms with Crippen molar-refractivity contribution in [2.45, 2.75) is 6.04 Å². The molecule has 3 nitrogen and oxygen atoms in total. The van der Waals surface area contributed by atoms with E-state index in [2.05, 4.69) is 20.7 Å². The van der Waals surface area contributed by atoms with Crippen molar-refractivity contribution in [3.8, 4) is 0 Å². The highest BCUT2D eigenvalue weighted by molar-refractivity contribution is 9.11. The molecule has 0 radical (unpaired) electrons. The molecule has 1 heterocycles. The van der Waals surface area contributed by atoms with Gasteiger partial charge in [-0.25, -0.2) is 0 Å². The summed E-state index contributed by atoms with van der Waals surface area (Å²) >= 11 is 4.77. The minimum atomic E-state index is -0.669. The molecule has 1 rings (SSSR count). The van der Waals surface area contributed by atoms with Crippen molar-refractivity contribution in [3.63, 3.8) is 0 Å². The van der Waals surface area contributed by atoms with Crippen LogP contribution in [-0.2, 0) is 9.53 Å². The van der Waals surface area contributed by atoms with Gasteiger partial charge in [-0.15, -0.1) is 23.7 Å². The molecule has 0 aliphatic carbocycles. The van der Waals surface area contributed by atoms with E-state index in [0.29, 0.717) is 0 Å². The first-order chi connectivity index (χ1) is 5.65. The van der Waals surface area contributed by atoms with Crippen LogP contribution in [0.3, 0.4) is 0 Å². The number of esters is 1. The summed E-state index contributed by atoms with van der Waals surface area (Å²) in [5.41, 5.74) is 6.35. The van der Waals surface area contributed by atoms with Crippen LogP contribution >= 0.6 is 39.7 Å². The monoisotopic (exact) mass is 285 g/mol. The van der Waals surface area contributed by atoms with Gasteiger partial charge in [0.15, 0.2) is 0 Å². The quantitative estimate of drug-likeness (QED) is 0.847. The highest BCUT2D eigenvalue weighted by Gasteiger charge is 2.16. The Labute approximate surface area is 94.8 Å². The Morgan fingerprint density at radius 3 is 2.77 bits per heavy atom. The molecule has 13 heavy (non-hydrogen) atoms. The summed E-state index contributed by atoms with van der Waals surface area (Å²) in [6.45, 7) is 0. The van der Waals surface area contributed by atoms with Crippen LogP contribution in [0.15, 0.2) is 15.2 Å². The number of carbonyl (C=O) groups is 1. The number of methoxy groups -OCH3 is 1. The number of rotatable bonds is 2. The molecule has 2 N–H and O–H groups in total. The van der Waals surface area contributed by atoms with Gasteiger partial charge in [0.2, 0.25) is 0 Å². The molecule has 0 bridgehead atoms. The zero-order valence-electron chi connectivity index (χ0n) is 6.82. The molecular formula is C7H9BrClNO2S. The molecule has 0 saturated carbocycles. The van der Waals surface area contributed by atoms with E-state index in [0.717, 1.165) is 9.35 Å². The number of carbonyl (C=O) groups excluding carboxylic acids is 1. The second-order valence-corrected chi connectivity index (χ2v) is 4.48. The summed E-state index contributed by atoms with van der Waals surface area (Å²) in [5, 5.41) is 1.83. The molecule has 1 atom stereocenters. The largest absolute Gasteiger partial charge is 0.468 e. The second kappa shape index (κ2) is 5.59. The Hall–Kier alpha value is -0.100. The fourth-order valence-corrected chi connectivity index (χ4v) is 1.96. The maximum atomic E-state index is 11.0. The first-order valence-electron chi connectivity index (χ1n) is 3.22. The van der Waals surface area contributed by atoms with Crippen LogP contribution in [0.2, 0.25) is 0 Å². The lowest BCUT2D eigenvalue weighted by Gasteiger charge is -2.05. The van der Waals surface area contributed by atoms with Gasteiger partial charge in [0.25, 0.3) is 0 Å². The zero-order chi connectivity index (χ0) is 9.14. The number of hydrogen-bond donors (Lipinski definition) is 1. The lowest BCUT2D eigenvalue weighted by atomic mass is 10.2. The van der Waals surface area contributed by atoms with Gasteiger partial charge in [-0.05, 0) is 32.9 Å². The highest BCUT2D eigenvalue weighted by Crippen LogP contribution is 2.24. The summed E-state index contributed by atoms with van der Waals surface area (Å²) < 4.78 is 5.46. The predicted octanol–water partition coefficient (Wildman–Crippen LogP) is 2.11. The van der Waals surface area contributed by atoms with E-state index in [9.17, 15) is 4.79 Å². The highest BCUT2D eigenvalue weighted by atomic mass is 79.9. The van der Waals surface area contributed by atoms with E-state index < -0.39 is 12.0 Å². The van der Waals surface area contributed by atoms with Gasteiger partial charge < -0.3 is 10.5 Å². The first kappa shape index (κ1) is 12.9. The Balaban J connectivity index is 0.00000144. The molecule has 1 unspecified atom stereocenters. The Morgan fingerprint density at radius 2 is 2.38 bits per heavy atom. The van der Waals surface area contributed by atoms with Crippen molar-refractivity contribution in [2.75, 3.05) is 7.11 Å². The molecular weight excluding hydrogens is 278 g/mol. The van der Waals surface area contributed by atoms with Gasteiger partial charge in [0, 0.05) is 0 Å². The number of nitrogens with two attached hydrogens (primary N) is 1. The van der Waals surface area contributed by atoms with Crippen molar-refractivity contribution in [1.29, 1.82) is 0 Å². The van der Waals surface area contributed by atoms with E-state index in [4.69, 9.17) is 5.73 Å². The smallest absolute Gasteiger partial charge is 0.327 e. The molecule has 0 aliphatic heterocycles. The molecule has 0 fully saturated rings. The number of ether oxygens (including phenoxy) is 1. The average molecular weight is 287 g/mol. The fourth-order valence-electron chi connectivity index (χ4n) is 0.750. The van der Waals surface area contributed by atoms with Crippen LogP contribution in [-0.4, -0.2) is 13.1 Å². The van der Waals surface area contributed by atoms with Crippen LogP contribution in [0.5, 0.6) is 0 Å². The van der Waals surface area contributed by atoms with E-state index >= 15 is 0 Å². The van der Waals surface area contributed by atoms with Crippen LogP contribution in [0.25, 0.3) is 0 Å². The van der Waals surface area contributed by atoms with Crippen LogP contribution in [0.4, 0.5) is 0 Å². The SMILES string of the molecule is COC(=O)C(N)c1csc(Br)c1.Cl. The maximum absolute atomic E-state index is 11.0. The summed E-state index contributed by atoms with van der Waals surface area (Å²) in [6.07, 6.45) is 0. The van der Waals surface area contributed by atoms with Crippen LogP contribution in [0, 0.1) is 0 Å². The van der Waals surface area contributed by atoms with Gasteiger partial charge in [0.1, 0.15) is 6.04 Å². The van der Waals surface area contributed by atoms with Crippen molar-refractivity contribution in [3.05, 3.63) is 20.8 Å². The van der Waals surface area contributed by atoms with E-state index in [1.165, 1.54) is 18.4 Å². The Morgan fingerprint density at radius 1 is 1.77 bits per heavy atom. The van der Waals surface area contributed by atoms with Gasteiger partial charge in [-0.2, -0.15) is 0 Å². The van der Waals surface area contributed by atoms with Gasteiger partial charge in [-0.3, -0.25) is 4.79 Å². The standard InChI is InChI=1S/C7H8BrNO2S.ClH/c1-11-7(10)6(9)4-2-5(8)12-3-4;/h2-3,6H,9H2,1H3;1H. The van der Waals surface area contributed by atoms with Crippen molar-refractivity contribution in [2.24, 2.45) is 5.73 Å². The lowest BCUT2D eigenvalue weighted by molar-refractivity contribution is -0.142. The van der Waals surface area contributed by atoms with Crippen molar-refractivity contribution < 1.29 is 9.53 Å². The topological polar surface area (TPSA) is 52.3 Å². The number of thiophene rings is 1. The molecule has 1 aromatic heterocycles. The third-order valence-electron chi connectivity index (χ3n) is 1.40. The molecule has 0 amide bonds. The minimum absolute atomic E-state index is 0. The van der Waals surface area contributed by atoms with Crippen LogP contribution < -0.4 is 5.73 Å². The summed E-state index contributed by atoms with van der Waals surface area (Å²) in [5.74, 6) is -0.416. The van der Waals surface area contributed by atoms with Crippen LogP contribution in [0.1, 0.15) is 11.6 Å². The average Bonchev–Trinajstić information content (AvgIpc) is 2.49. The molecule has 0 spiro atoms. The number of hydrogen-bond acceptors (Lipinski definition) is 4. The third-order valence-corrected chi connectivity index (χ3v) is 2.92. The Bertz CT molecular complexity index is 292. The molecule has 0 aliphatic rings. The van der Waals surface area contributed by atoms with Gasteiger partial charge >= 0.3 is 5.97 Å². The first-order valence-corrected chi connectivity index (χ1v) is 4.89. The van der Waals surface area contributed by atoms with E-state index in [1.54, 1.807) is 0 Å². The normalized spacial score (nSPS) is 11.6. The third kappa shape index (κ3) is 3.27. The van der Waals surface area contributed by atoms with Crippen molar-refractivity contribution in [1.82, 2.24) is 0 Å². The number of halogens is 2. The Kier molecular flexibility index (Phi) is 5.55. The zero-order valence-corrected chi connectivity index (χ0v) is 10.0. The molecule has 74 valence electrons. The van der Waals surface area contributed by atoms with Gasteiger partial charge in [0.05, 0.1) is 10.9 Å². The van der Waals surface area contributed by atoms with Gasteiger partial charge in [-0.1, -0.05) is 0 Å². The minimum Gasteiger partial charge on any atom is -0.468 e. The van der Waals surface area contributed by atoms with E-state index in [-0.39, 0.29) is 12.4 Å². The molecule has 6 heteroatoms. The molecule has 0 saturated heterocycles. The summed E-state index contributed by atoms with van der Waals surface area (Å²) in [6, 6.07) is 1.14. The van der Waals surface area contributed by atoms with Crippen molar-refractivity contribution >= 4 is 45.6 Å². The van der Waals surface area contributed by atoms with E-state index in [1.807, 2.05) is 11.4 Å². The lowest BCUT2D eigenvalue weighted by Crippen LogP contribution is -2.21. The fraction of sp³-hybridized carbons (Fsp3) is 0.286. The second-order valence-electron chi connectivity index (χ2n) is 2.18. The summed E-state index contributed by atoms with van der Waals surface area (Å²) in [7, 11) is 1.32. The summed E-state index contributed by atoms with van der Waals surface area (Å²) in [4.78, 5) is 11.0. The molecule has 1 aromatic rings. The molecule has 0 aromatic carbocycles. The predicted molar refractivity (Wildman–Crippen MR) is 58.2 cm³/mol.